The molecule has 0 bridgehead atoms. The fourth-order valence-corrected chi connectivity index (χ4v) is 2.60. The molecule has 0 amide bonds. The Morgan fingerprint density at radius 3 is 2.61 bits per heavy atom. The maximum absolute atomic E-state index is 12.2. The van der Waals surface area contributed by atoms with Crippen molar-refractivity contribution in [3.05, 3.63) is 55.6 Å². The van der Waals surface area contributed by atoms with Crippen LogP contribution in [0.4, 0.5) is 0 Å². The summed E-state index contributed by atoms with van der Waals surface area (Å²) < 4.78 is 1.52. The molecular weight excluding hydrogens is 246 g/mol. The first kappa shape index (κ1) is 12.8. The van der Waals surface area contributed by atoms with Crippen LogP contribution in [-0.4, -0.2) is 10.4 Å². The lowest BCUT2D eigenvalue weighted by atomic mass is 10.0. The van der Waals surface area contributed by atoms with Crippen LogP contribution in [0.2, 0.25) is 0 Å². The van der Waals surface area contributed by atoms with E-state index in [1.54, 1.807) is 5.38 Å². The van der Waals surface area contributed by atoms with Crippen molar-refractivity contribution in [2.75, 3.05) is 0 Å². The van der Waals surface area contributed by atoms with Gasteiger partial charge < -0.3 is 0 Å². The second-order valence-corrected chi connectivity index (χ2v) is 5.29. The molecule has 0 saturated carbocycles. The van der Waals surface area contributed by atoms with Gasteiger partial charge in [0, 0.05) is 16.6 Å². The predicted octanol–water partition coefficient (Wildman–Crippen LogP) is 2.72. The molecule has 0 aliphatic rings. The van der Waals surface area contributed by atoms with Crippen LogP contribution in [0.15, 0.2) is 28.4 Å². The second kappa shape index (κ2) is 4.90. The first-order valence-electron chi connectivity index (χ1n) is 5.74. The molecule has 18 heavy (non-hydrogen) atoms. The molecule has 0 spiro atoms. The van der Waals surface area contributed by atoms with E-state index in [1.807, 2.05) is 39.0 Å². The van der Waals surface area contributed by atoms with E-state index < -0.39 is 0 Å². The number of ketones is 1. The van der Waals surface area contributed by atoms with Gasteiger partial charge in [-0.05, 0) is 32.4 Å². The van der Waals surface area contributed by atoms with Gasteiger partial charge in [-0.1, -0.05) is 29.0 Å². The molecule has 2 rings (SSSR count). The van der Waals surface area contributed by atoms with Crippen LogP contribution in [0.3, 0.4) is 0 Å². The van der Waals surface area contributed by atoms with Crippen LogP contribution in [0, 0.1) is 20.8 Å². The lowest BCUT2D eigenvalue weighted by Gasteiger charge is -2.07. The fourth-order valence-electron chi connectivity index (χ4n) is 1.86. The van der Waals surface area contributed by atoms with Gasteiger partial charge in [0.05, 0.1) is 6.54 Å². The van der Waals surface area contributed by atoms with E-state index in [1.165, 1.54) is 4.57 Å². The molecule has 0 aliphatic heterocycles. The molecule has 0 aliphatic carbocycles. The van der Waals surface area contributed by atoms with Crippen molar-refractivity contribution in [3.63, 3.8) is 0 Å². The zero-order valence-corrected chi connectivity index (χ0v) is 11.5. The van der Waals surface area contributed by atoms with Crippen LogP contribution in [0.5, 0.6) is 0 Å². The summed E-state index contributed by atoms with van der Waals surface area (Å²) in [5, 5.41) is 1.78. The Labute approximate surface area is 110 Å². The molecule has 2 aromatic rings. The van der Waals surface area contributed by atoms with Crippen LogP contribution >= 0.6 is 11.3 Å². The number of nitrogens with zero attached hydrogens (tertiary/aromatic N) is 1. The van der Waals surface area contributed by atoms with Crippen molar-refractivity contribution >= 4 is 17.1 Å². The number of hydrogen-bond donors (Lipinski definition) is 0. The summed E-state index contributed by atoms with van der Waals surface area (Å²) >= 11 is 1.13. The van der Waals surface area contributed by atoms with Gasteiger partial charge in [-0.15, -0.1) is 0 Å². The number of carbonyl (C=O) groups excluding carboxylic acids is 1. The molecule has 1 heterocycles. The van der Waals surface area contributed by atoms with Crippen LogP contribution in [0.25, 0.3) is 0 Å². The largest absolute Gasteiger partial charge is 0.307 e. The van der Waals surface area contributed by atoms with Gasteiger partial charge in [-0.2, -0.15) is 0 Å². The Bertz CT molecular complexity index is 652. The average Bonchev–Trinajstić information content (AvgIpc) is 2.64. The fraction of sp³-hybridized carbons (Fsp3) is 0.286. The Balaban J connectivity index is 2.33. The summed E-state index contributed by atoms with van der Waals surface area (Å²) in [6.45, 7) is 5.83. The minimum Gasteiger partial charge on any atom is -0.296 e. The van der Waals surface area contributed by atoms with Gasteiger partial charge in [0.15, 0.2) is 5.78 Å². The Morgan fingerprint density at radius 2 is 2.00 bits per heavy atom. The van der Waals surface area contributed by atoms with E-state index in [9.17, 15) is 9.59 Å². The standard InChI is InChI=1S/C14H15NO2S/c1-9-4-5-10(2)12(6-9)13(16)7-15-11(3)8-18-14(15)17/h4-6,8H,7H2,1-3H3. The molecule has 4 heteroatoms. The normalized spacial score (nSPS) is 10.6. The first-order chi connectivity index (χ1) is 8.49. The third-order valence-electron chi connectivity index (χ3n) is 2.97. The average molecular weight is 261 g/mol. The summed E-state index contributed by atoms with van der Waals surface area (Å²) in [6, 6.07) is 5.80. The van der Waals surface area contributed by atoms with Crippen LogP contribution < -0.4 is 4.87 Å². The lowest BCUT2D eigenvalue weighted by molar-refractivity contribution is 0.0970. The highest BCUT2D eigenvalue weighted by molar-refractivity contribution is 7.07. The number of benzene rings is 1. The molecule has 0 unspecified atom stereocenters. The van der Waals surface area contributed by atoms with E-state index in [4.69, 9.17) is 0 Å². The topological polar surface area (TPSA) is 39.1 Å². The van der Waals surface area contributed by atoms with E-state index in [2.05, 4.69) is 0 Å². The maximum Gasteiger partial charge on any atom is 0.307 e. The van der Waals surface area contributed by atoms with Crippen molar-refractivity contribution < 1.29 is 4.79 Å². The van der Waals surface area contributed by atoms with Crippen molar-refractivity contribution in [2.24, 2.45) is 0 Å². The van der Waals surface area contributed by atoms with Crippen molar-refractivity contribution in [1.82, 2.24) is 4.57 Å². The summed E-state index contributed by atoms with van der Waals surface area (Å²) in [5.74, 6) is -0.0141. The highest BCUT2D eigenvalue weighted by Crippen LogP contribution is 2.13. The number of thiazole rings is 1. The molecule has 94 valence electrons. The molecule has 0 N–H and O–H groups in total. The van der Waals surface area contributed by atoms with Crippen molar-refractivity contribution in [3.8, 4) is 0 Å². The van der Waals surface area contributed by atoms with Gasteiger partial charge in [0.1, 0.15) is 0 Å². The van der Waals surface area contributed by atoms with Crippen molar-refractivity contribution in [2.45, 2.75) is 27.3 Å². The first-order valence-corrected chi connectivity index (χ1v) is 6.62. The van der Waals surface area contributed by atoms with Gasteiger partial charge in [-0.3, -0.25) is 14.2 Å². The highest BCUT2D eigenvalue weighted by atomic mass is 32.1. The molecule has 3 nitrogen and oxygen atoms in total. The number of hydrogen-bond acceptors (Lipinski definition) is 3. The molecule has 1 aromatic heterocycles. The Hall–Kier alpha value is -1.68. The quantitative estimate of drug-likeness (QED) is 0.797. The third kappa shape index (κ3) is 2.43. The van der Waals surface area contributed by atoms with E-state index in [0.29, 0.717) is 5.56 Å². The minimum absolute atomic E-state index is 0.0141. The predicted molar refractivity (Wildman–Crippen MR) is 73.6 cm³/mol. The maximum atomic E-state index is 12.2. The molecule has 1 aromatic carbocycles. The van der Waals surface area contributed by atoms with E-state index >= 15 is 0 Å². The van der Waals surface area contributed by atoms with E-state index in [-0.39, 0.29) is 17.2 Å². The van der Waals surface area contributed by atoms with E-state index in [0.717, 1.165) is 28.2 Å². The van der Waals surface area contributed by atoms with Gasteiger partial charge in [0.25, 0.3) is 0 Å². The zero-order valence-electron chi connectivity index (χ0n) is 10.7. The summed E-state index contributed by atoms with van der Waals surface area (Å²) in [7, 11) is 0. The van der Waals surface area contributed by atoms with Gasteiger partial charge in [0.2, 0.25) is 0 Å². The second-order valence-electron chi connectivity index (χ2n) is 4.47. The number of aromatic nitrogens is 1. The lowest BCUT2D eigenvalue weighted by Crippen LogP contribution is -2.21. The molecule has 0 atom stereocenters. The van der Waals surface area contributed by atoms with Crippen LogP contribution in [-0.2, 0) is 6.54 Å². The summed E-state index contributed by atoms with van der Waals surface area (Å²) in [6.07, 6.45) is 0. The van der Waals surface area contributed by atoms with Crippen molar-refractivity contribution in [1.29, 1.82) is 0 Å². The zero-order chi connectivity index (χ0) is 13.3. The molecule has 0 radical (unpaired) electrons. The Kier molecular flexibility index (Phi) is 3.48. The van der Waals surface area contributed by atoms with Gasteiger partial charge >= 0.3 is 4.87 Å². The number of aryl methyl sites for hydroxylation is 3. The SMILES string of the molecule is Cc1ccc(C)c(C(=O)Cn2c(C)csc2=O)c1. The molecular formula is C14H15NO2S. The smallest absolute Gasteiger partial charge is 0.296 e. The monoisotopic (exact) mass is 261 g/mol. The van der Waals surface area contributed by atoms with Crippen LogP contribution in [0.1, 0.15) is 27.2 Å². The number of rotatable bonds is 3. The Morgan fingerprint density at radius 1 is 1.28 bits per heavy atom. The molecule has 0 fully saturated rings. The summed E-state index contributed by atoms with van der Waals surface area (Å²) in [5.41, 5.74) is 3.54. The minimum atomic E-state index is -0.0776. The molecule has 0 saturated heterocycles. The summed E-state index contributed by atoms with van der Waals surface area (Å²) in [4.78, 5) is 23.7. The number of carbonyl (C=O) groups is 1. The number of Topliss-reactive ketones (excluding diaryl/α,β-unsaturated/α-hetero) is 1. The third-order valence-corrected chi connectivity index (χ3v) is 3.85. The highest BCUT2D eigenvalue weighted by Gasteiger charge is 2.12. The van der Waals surface area contributed by atoms with Gasteiger partial charge in [-0.25, -0.2) is 0 Å².